The summed E-state index contributed by atoms with van der Waals surface area (Å²) in [5.41, 5.74) is 0.867. The van der Waals surface area contributed by atoms with E-state index in [0.29, 0.717) is 6.42 Å². The Labute approximate surface area is 101 Å². The summed E-state index contributed by atoms with van der Waals surface area (Å²) in [6.45, 7) is 3.84. The van der Waals surface area contributed by atoms with Crippen molar-refractivity contribution in [2.75, 3.05) is 7.05 Å². The van der Waals surface area contributed by atoms with E-state index < -0.39 is 0 Å². The normalized spacial score (nSPS) is 12.6. The minimum atomic E-state index is -0.0325. The summed E-state index contributed by atoms with van der Waals surface area (Å²) in [5.74, 6) is 0.952. The number of fused-ring (bicyclic) bond motifs is 1. The minimum absolute atomic E-state index is 0.0325. The van der Waals surface area contributed by atoms with E-state index in [1.54, 1.807) is 4.90 Å². The van der Waals surface area contributed by atoms with Crippen molar-refractivity contribution in [3.63, 3.8) is 0 Å². The SMILES string of the molecule is CCC(=O)N(C)C(C)c1cc2ccccc2o1. The van der Waals surface area contributed by atoms with Crippen LogP contribution in [0.15, 0.2) is 34.7 Å². The van der Waals surface area contributed by atoms with Crippen molar-refractivity contribution in [1.29, 1.82) is 0 Å². The molecule has 3 heteroatoms. The van der Waals surface area contributed by atoms with Gasteiger partial charge in [0.2, 0.25) is 5.91 Å². The van der Waals surface area contributed by atoms with E-state index in [4.69, 9.17) is 4.42 Å². The molecular formula is C14H17NO2. The Bertz CT molecular complexity index is 497. The maximum atomic E-state index is 11.6. The highest BCUT2D eigenvalue weighted by Gasteiger charge is 2.19. The Morgan fingerprint density at radius 3 is 2.76 bits per heavy atom. The zero-order valence-electron chi connectivity index (χ0n) is 10.4. The predicted molar refractivity (Wildman–Crippen MR) is 67.7 cm³/mol. The summed E-state index contributed by atoms with van der Waals surface area (Å²) in [7, 11) is 1.81. The molecule has 1 aromatic heterocycles. The number of hydrogen-bond acceptors (Lipinski definition) is 2. The molecule has 3 nitrogen and oxygen atoms in total. The molecule has 1 aromatic carbocycles. The van der Waals surface area contributed by atoms with E-state index in [-0.39, 0.29) is 11.9 Å². The van der Waals surface area contributed by atoms with Crippen molar-refractivity contribution in [2.45, 2.75) is 26.3 Å². The zero-order chi connectivity index (χ0) is 12.4. The number of amides is 1. The number of carbonyl (C=O) groups excluding carboxylic acids is 1. The second-order valence-electron chi connectivity index (χ2n) is 4.22. The first-order valence-corrected chi connectivity index (χ1v) is 5.87. The van der Waals surface area contributed by atoms with Crippen LogP contribution < -0.4 is 0 Å². The van der Waals surface area contributed by atoms with Crippen LogP contribution in [0.25, 0.3) is 11.0 Å². The average Bonchev–Trinajstić information content (AvgIpc) is 2.79. The van der Waals surface area contributed by atoms with Crippen LogP contribution in [0.3, 0.4) is 0 Å². The molecule has 0 N–H and O–H groups in total. The monoisotopic (exact) mass is 231 g/mol. The van der Waals surface area contributed by atoms with Gasteiger partial charge in [-0.25, -0.2) is 0 Å². The van der Waals surface area contributed by atoms with Crippen LogP contribution in [-0.2, 0) is 4.79 Å². The summed E-state index contributed by atoms with van der Waals surface area (Å²) in [4.78, 5) is 13.3. The molecular weight excluding hydrogens is 214 g/mol. The van der Waals surface area contributed by atoms with E-state index >= 15 is 0 Å². The van der Waals surface area contributed by atoms with Crippen molar-refractivity contribution in [3.05, 3.63) is 36.1 Å². The van der Waals surface area contributed by atoms with Gasteiger partial charge in [0.1, 0.15) is 11.3 Å². The van der Waals surface area contributed by atoms with Crippen LogP contribution in [-0.4, -0.2) is 17.9 Å². The molecule has 90 valence electrons. The lowest BCUT2D eigenvalue weighted by molar-refractivity contribution is -0.131. The molecule has 0 fully saturated rings. The fourth-order valence-corrected chi connectivity index (χ4v) is 1.86. The third kappa shape index (κ3) is 2.18. The molecule has 0 bridgehead atoms. The highest BCUT2D eigenvalue weighted by atomic mass is 16.3. The summed E-state index contributed by atoms with van der Waals surface area (Å²) in [6, 6.07) is 9.84. The van der Waals surface area contributed by atoms with Crippen LogP contribution in [0.5, 0.6) is 0 Å². The smallest absolute Gasteiger partial charge is 0.222 e. The number of rotatable bonds is 3. The van der Waals surface area contributed by atoms with Gasteiger partial charge in [-0.1, -0.05) is 25.1 Å². The standard InChI is InChI=1S/C14H17NO2/c1-4-14(16)15(3)10(2)13-9-11-7-5-6-8-12(11)17-13/h5-10H,4H2,1-3H3. The molecule has 1 atom stereocenters. The minimum Gasteiger partial charge on any atom is -0.459 e. The number of furan rings is 1. The Balaban J connectivity index is 2.30. The van der Waals surface area contributed by atoms with E-state index in [1.807, 2.05) is 51.2 Å². The fraction of sp³-hybridized carbons (Fsp3) is 0.357. The van der Waals surface area contributed by atoms with Gasteiger partial charge >= 0.3 is 0 Å². The highest BCUT2D eigenvalue weighted by molar-refractivity contribution is 5.79. The lowest BCUT2D eigenvalue weighted by atomic mass is 10.2. The first-order chi connectivity index (χ1) is 8.13. The number of benzene rings is 1. The third-order valence-corrected chi connectivity index (χ3v) is 3.13. The van der Waals surface area contributed by atoms with Gasteiger partial charge in [-0.05, 0) is 19.1 Å². The number of hydrogen-bond donors (Lipinski definition) is 0. The topological polar surface area (TPSA) is 33.5 Å². The van der Waals surface area contributed by atoms with E-state index in [9.17, 15) is 4.79 Å². The van der Waals surface area contributed by atoms with Gasteiger partial charge in [0.05, 0.1) is 6.04 Å². The first-order valence-electron chi connectivity index (χ1n) is 5.87. The number of para-hydroxylation sites is 1. The quantitative estimate of drug-likeness (QED) is 0.811. The molecule has 2 aromatic rings. The highest BCUT2D eigenvalue weighted by Crippen LogP contribution is 2.26. The molecule has 0 aliphatic rings. The van der Waals surface area contributed by atoms with Crippen molar-refractivity contribution in [1.82, 2.24) is 4.90 Å². The van der Waals surface area contributed by atoms with Gasteiger partial charge in [0, 0.05) is 18.9 Å². The Morgan fingerprint density at radius 1 is 1.41 bits per heavy atom. The van der Waals surface area contributed by atoms with Crippen LogP contribution in [0.2, 0.25) is 0 Å². The molecule has 1 unspecified atom stereocenters. The molecule has 17 heavy (non-hydrogen) atoms. The summed E-state index contributed by atoms with van der Waals surface area (Å²) >= 11 is 0. The van der Waals surface area contributed by atoms with Crippen molar-refractivity contribution in [2.24, 2.45) is 0 Å². The first kappa shape index (κ1) is 11.7. The lowest BCUT2D eigenvalue weighted by Crippen LogP contribution is -2.28. The lowest BCUT2D eigenvalue weighted by Gasteiger charge is -2.22. The number of nitrogens with zero attached hydrogens (tertiary/aromatic N) is 1. The second kappa shape index (κ2) is 4.62. The molecule has 0 saturated carbocycles. The maximum absolute atomic E-state index is 11.6. The van der Waals surface area contributed by atoms with Gasteiger partial charge in [0.15, 0.2) is 0 Å². The van der Waals surface area contributed by atoms with E-state index in [2.05, 4.69) is 0 Å². The maximum Gasteiger partial charge on any atom is 0.222 e. The molecule has 0 radical (unpaired) electrons. The molecule has 0 saturated heterocycles. The van der Waals surface area contributed by atoms with Crippen molar-refractivity contribution in [3.8, 4) is 0 Å². The van der Waals surface area contributed by atoms with Crippen LogP contribution in [0.1, 0.15) is 32.1 Å². The largest absolute Gasteiger partial charge is 0.459 e. The van der Waals surface area contributed by atoms with Gasteiger partial charge in [-0.3, -0.25) is 4.79 Å². The zero-order valence-corrected chi connectivity index (χ0v) is 10.4. The molecule has 0 aliphatic carbocycles. The Morgan fingerprint density at radius 2 is 2.12 bits per heavy atom. The van der Waals surface area contributed by atoms with Gasteiger partial charge in [-0.15, -0.1) is 0 Å². The summed E-state index contributed by atoms with van der Waals surface area (Å²) < 4.78 is 5.75. The molecule has 1 heterocycles. The Kier molecular flexibility index (Phi) is 3.18. The van der Waals surface area contributed by atoms with Crippen molar-refractivity contribution >= 4 is 16.9 Å². The van der Waals surface area contributed by atoms with Crippen molar-refractivity contribution < 1.29 is 9.21 Å². The second-order valence-corrected chi connectivity index (χ2v) is 4.22. The van der Waals surface area contributed by atoms with Gasteiger partial charge < -0.3 is 9.32 Å². The van der Waals surface area contributed by atoms with Gasteiger partial charge in [-0.2, -0.15) is 0 Å². The molecule has 2 rings (SSSR count). The average molecular weight is 231 g/mol. The predicted octanol–water partition coefficient (Wildman–Crippen LogP) is 3.36. The van der Waals surface area contributed by atoms with Crippen LogP contribution in [0, 0.1) is 0 Å². The molecule has 1 amide bonds. The van der Waals surface area contributed by atoms with E-state index in [1.165, 1.54) is 0 Å². The third-order valence-electron chi connectivity index (χ3n) is 3.13. The van der Waals surface area contributed by atoms with Crippen LogP contribution in [0.4, 0.5) is 0 Å². The summed E-state index contributed by atoms with van der Waals surface area (Å²) in [6.07, 6.45) is 0.515. The summed E-state index contributed by atoms with van der Waals surface area (Å²) in [5, 5.41) is 1.08. The fourth-order valence-electron chi connectivity index (χ4n) is 1.86. The Hall–Kier alpha value is -1.77. The number of carbonyl (C=O) groups is 1. The van der Waals surface area contributed by atoms with Gasteiger partial charge in [0.25, 0.3) is 0 Å². The van der Waals surface area contributed by atoms with Crippen LogP contribution >= 0.6 is 0 Å². The molecule has 0 spiro atoms. The van der Waals surface area contributed by atoms with E-state index in [0.717, 1.165) is 16.7 Å². The molecule has 0 aliphatic heterocycles.